The molecule has 0 fully saturated rings. The first-order valence-corrected chi connectivity index (χ1v) is 9.23. The maximum absolute atomic E-state index is 12.3. The van der Waals surface area contributed by atoms with Crippen molar-refractivity contribution in [3.05, 3.63) is 82.1 Å². The summed E-state index contributed by atoms with van der Waals surface area (Å²) in [5.41, 5.74) is 11.3. The van der Waals surface area contributed by atoms with Crippen molar-refractivity contribution in [1.29, 1.82) is 0 Å². The Morgan fingerprint density at radius 1 is 1.08 bits per heavy atom. The number of aromatic nitrogens is 1. The summed E-state index contributed by atoms with van der Waals surface area (Å²) in [4.78, 5) is 12.3. The quantitative estimate of drug-likeness (QED) is 0.639. The van der Waals surface area contributed by atoms with Gasteiger partial charge in [0.15, 0.2) is 0 Å². The van der Waals surface area contributed by atoms with Gasteiger partial charge in [-0.25, -0.2) is 0 Å². The lowest BCUT2D eigenvalue weighted by Crippen LogP contribution is -2.13. The number of hydrogen-bond acceptors (Lipinski definition) is 1. The number of benzene rings is 2. The molecule has 0 bridgehead atoms. The predicted octanol–water partition coefficient (Wildman–Crippen LogP) is 5.22. The van der Waals surface area contributed by atoms with Gasteiger partial charge in [0.2, 0.25) is 0 Å². The van der Waals surface area contributed by atoms with E-state index in [-0.39, 0.29) is 0 Å². The van der Waals surface area contributed by atoms with E-state index in [0.29, 0.717) is 17.1 Å². The van der Waals surface area contributed by atoms with E-state index in [4.69, 9.17) is 17.3 Å². The molecule has 0 atom stereocenters. The fourth-order valence-corrected chi connectivity index (χ4v) is 3.76. The van der Waals surface area contributed by atoms with Crippen LogP contribution in [0.15, 0.2) is 54.6 Å². The van der Waals surface area contributed by atoms with Crippen molar-refractivity contribution < 1.29 is 4.79 Å². The van der Waals surface area contributed by atoms with Crippen molar-refractivity contribution >= 4 is 17.5 Å². The first kappa shape index (κ1) is 18.3. The van der Waals surface area contributed by atoms with E-state index in [9.17, 15) is 4.79 Å². The van der Waals surface area contributed by atoms with Gasteiger partial charge in [-0.3, -0.25) is 4.79 Å². The summed E-state index contributed by atoms with van der Waals surface area (Å²) in [6.45, 7) is 4.80. The van der Waals surface area contributed by atoms with Crippen LogP contribution in [0.3, 0.4) is 0 Å². The van der Waals surface area contributed by atoms with Gasteiger partial charge in [0.25, 0.3) is 5.91 Å². The molecule has 0 saturated heterocycles. The summed E-state index contributed by atoms with van der Waals surface area (Å²) in [5.74, 6) is -0.415. The standard InChI is InChI=1S/C22H23ClN2O/c1-3-9-19-21(17-12-7-8-13-18(17)23)20(22(24)26)15(2)25(19)14-16-10-5-4-6-11-16/h4-8,10-13H,3,9,14H2,1-2H3,(H2,24,26). The zero-order valence-corrected chi connectivity index (χ0v) is 15.9. The normalized spacial score (nSPS) is 10.9. The van der Waals surface area contributed by atoms with Crippen LogP contribution in [0.4, 0.5) is 0 Å². The van der Waals surface area contributed by atoms with Crippen molar-refractivity contribution in [2.45, 2.75) is 33.2 Å². The second-order valence-electron chi connectivity index (χ2n) is 6.45. The first-order chi connectivity index (χ1) is 12.5. The van der Waals surface area contributed by atoms with E-state index in [1.54, 1.807) is 0 Å². The zero-order valence-electron chi connectivity index (χ0n) is 15.1. The van der Waals surface area contributed by atoms with Gasteiger partial charge < -0.3 is 10.3 Å². The Labute approximate surface area is 159 Å². The number of halogens is 1. The molecule has 0 saturated carbocycles. The first-order valence-electron chi connectivity index (χ1n) is 8.85. The minimum absolute atomic E-state index is 0.415. The number of rotatable bonds is 6. The number of nitrogens with zero attached hydrogens (tertiary/aromatic N) is 1. The van der Waals surface area contributed by atoms with Crippen LogP contribution < -0.4 is 5.73 Å². The van der Waals surface area contributed by atoms with E-state index in [1.807, 2.05) is 49.4 Å². The highest BCUT2D eigenvalue weighted by Crippen LogP contribution is 2.37. The topological polar surface area (TPSA) is 48.0 Å². The highest BCUT2D eigenvalue weighted by atomic mass is 35.5. The van der Waals surface area contributed by atoms with Crippen molar-refractivity contribution in [1.82, 2.24) is 4.57 Å². The molecule has 2 N–H and O–H groups in total. The number of primary amides is 1. The van der Waals surface area contributed by atoms with Crippen molar-refractivity contribution in [2.24, 2.45) is 5.73 Å². The molecule has 0 aliphatic heterocycles. The maximum Gasteiger partial charge on any atom is 0.251 e. The average molecular weight is 367 g/mol. The molecular weight excluding hydrogens is 344 g/mol. The largest absolute Gasteiger partial charge is 0.366 e. The molecule has 1 heterocycles. The lowest BCUT2D eigenvalue weighted by atomic mass is 9.98. The lowest BCUT2D eigenvalue weighted by molar-refractivity contribution is 0.1000. The summed E-state index contributed by atoms with van der Waals surface area (Å²) in [6, 6.07) is 17.9. The molecule has 0 aliphatic rings. The fourth-order valence-electron chi connectivity index (χ4n) is 3.53. The minimum Gasteiger partial charge on any atom is -0.366 e. The van der Waals surface area contributed by atoms with Crippen LogP contribution in [0.25, 0.3) is 11.1 Å². The second kappa shape index (κ2) is 7.79. The molecule has 1 aromatic heterocycles. The van der Waals surface area contributed by atoms with Gasteiger partial charge in [-0.05, 0) is 25.0 Å². The third kappa shape index (κ3) is 3.40. The summed E-state index contributed by atoms with van der Waals surface area (Å²) >= 11 is 6.47. The monoisotopic (exact) mass is 366 g/mol. The highest BCUT2D eigenvalue weighted by Gasteiger charge is 2.25. The Balaban J connectivity index is 2.27. The Morgan fingerprint density at radius 3 is 2.35 bits per heavy atom. The summed E-state index contributed by atoms with van der Waals surface area (Å²) < 4.78 is 2.21. The molecule has 1 amide bonds. The SMILES string of the molecule is CCCc1c(-c2ccccc2Cl)c(C(N)=O)c(C)n1Cc1ccccc1. The molecule has 0 unspecified atom stereocenters. The van der Waals surface area contributed by atoms with Gasteiger partial charge in [0.05, 0.1) is 5.56 Å². The molecule has 2 aromatic carbocycles. The Bertz CT molecular complexity index is 929. The third-order valence-corrected chi connectivity index (χ3v) is 5.02. The molecule has 3 aromatic rings. The number of amides is 1. The Morgan fingerprint density at radius 2 is 1.73 bits per heavy atom. The number of nitrogens with two attached hydrogens (primary N) is 1. The maximum atomic E-state index is 12.3. The van der Waals surface area contributed by atoms with E-state index >= 15 is 0 Å². The summed E-state index contributed by atoms with van der Waals surface area (Å²) in [6.07, 6.45) is 1.81. The van der Waals surface area contributed by atoms with Gasteiger partial charge >= 0.3 is 0 Å². The average Bonchev–Trinajstić information content (AvgIpc) is 2.89. The van der Waals surface area contributed by atoms with E-state index in [2.05, 4.69) is 23.6 Å². The number of carbonyl (C=O) groups excluding carboxylic acids is 1. The molecule has 0 aliphatic carbocycles. The highest BCUT2D eigenvalue weighted by molar-refractivity contribution is 6.33. The van der Waals surface area contributed by atoms with Crippen LogP contribution in [-0.4, -0.2) is 10.5 Å². The van der Waals surface area contributed by atoms with Gasteiger partial charge in [-0.15, -0.1) is 0 Å². The van der Waals surface area contributed by atoms with Gasteiger partial charge in [0.1, 0.15) is 0 Å². The molecule has 3 rings (SSSR count). The molecule has 0 spiro atoms. The van der Waals surface area contributed by atoms with Crippen LogP contribution in [0.5, 0.6) is 0 Å². The lowest BCUT2D eigenvalue weighted by Gasteiger charge is -2.13. The van der Waals surface area contributed by atoms with Crippen LogP contribution in [0, 0.1) is 6.92 Å². The molecule has 0 radical (unpaired) electrons. The van der Waals surface area contributed by atoms with Gasteiger partial charge in [-0.2, -0.15) is 0 Å². The summed E-state index contributed by atoms with van der Waals surface area (Å²) in [5, 5.41) is 0.629. The molecular formula is C22H23ClN2O. The predicted molar refractivity (Wildman–Crippen MR) is 108 cm³/mol. The van der Waals surface area contributed by atoms with Crippen molar-refractivity contribution in [3.63, 3.8) is 0 Å². The Kier molecular flexibility index (Phi) is 5.48. The molecule has 3 nitrogen and oxygen atoms in total. The third-order valence-electron chi connectivity index (χ3n) is 4.69. The van der Waals surface area contributed by atoms with Gasteiger partial charge in [-0.1, -0.05) is 73.5 Å². The molecule has 134 valence electrons. The second-order valence-corrected chi connectivity index (χ2v) is 6.86. The van der Waals surface area contributed by atoms with E-state index in [1.165, 1.54) is 5.56 Å². The van der Waals surface area contributed by atoms with Crippen LogP contribution >= 0.6 is 11.6 Å². The van der Waals surface area contributed by atoms with E-state index < -0.39 is 5.91 Å². The summed E-state index contributed by atoms with van der Waals surface area (Å²) in [7, 11) is 0. The minimum atomic E-state index is -0.415. The van der Waals surface area contributed by atoms with Crippen LogP contribution in [0.1, 0.15) is 40.7 Å². The van der Waals surface area contributed by atoms with E-state index in [0.717, 1.165) is 35.4 Å². The molecule has 4 heteroatoms. The fraction of sp³-hybridized carbons (Fsp3) is 0.227. The van der Waals surface area contributed by atoms with Crippen molar-refractivity contribution in [3.8, 4) is 11.1 Å². The van der Waals surface area contributed by atoms with Crippen LogP contribution in [-0.2, 0) is 13.0 Å². The van der Waals surface area contributed by atoms with Crippen LogP contribution in [0.2, 0.25) is 5.02 Å². The Hall–Kier alpha value is -2.52. The molecule has 26 heavy (non-hydrogen) atoms. The van der Waals surface area contributed by atoms with Crippen molar-refractivity contribution in [2.75, 3.05) is 0 Å². The zero-order chi connectivity index (χ0) is 18.7. The number of carbonyl (C=O) groups is 1. The number of hydrogen-bond donors (Lipinski definition) is 1. The smallest absolute Gasteiger partial charge is 0.251 e. The van der Waals surface area contributed by atoms with Gasteiger partial charge in [0, 0.05) is 34.1 Å².